The number of aliphatic hydroxyl groups excluding tert-OH is 1. The minimum absolute atomic E-state index is 0.0304. The molecule has 2 fully saturated rings. The normalized spacial score (nSPS) is 25.5. The molecule has 1 aliphatic carbocycles. The number of carbonyl (C=O) groups is 1. The SMILES string of the molecule is CN(CC1(CO)CCOCC1)C(=O)N[C@@H]1CCCC[C@H]1c1ccccc1. The minimum Gasteiger partial charge on any atom is -0.396 e. The van der Waals surface area contributed by atoms with E-state index in [1.807, 2.05) is 13.1 Å². The highest BCUT2D eigenvalue weighted by Crippen LogP contribution is 2.34. The molecule has 0 aromatic heterocycles. The Bertz CT molecular complexity index is 572. The van der Waals surface area contributed by atoms with Crippen molar-refractivity contribution < 1.29 is 14.6 Å². The molecule has 0 radical (unpaired) electrons. The van der Waals surface area contributed by atoms with Crippen molar-refractivity contribution in [3.8, 4) is 0 Å². The number of carbonyl (C=O) groups excluding carboxylic acids is 1. The molecule has 2 aliphatic rings. The fraction of sp³-hybridized carbons (Fsp3) is 0.667. The van der Waals surface area contributed by atoms with Crippen molar-refractivity contribution in [2.45, 2.75) is 50.5 Å². The highest BCUT2D eigenvalue weighted by molar-refractivity contribution is 5.74. The lowest BCUT2D eigenvalue weighted by molar-refractivity contribution is -0.0262. The van der Waals surface area contributed by atoms with Crippen LogP contribution in [-0.4, -0.2) is 55.5 Å². The second-order valence-electron chi connectivity index (χ2n) is 7.98. The van der Waals surface area contributed by atoms with Crippen molar-refractivity contribution in [3.05, 3.63) is 35.9 Å². The molecule has 1 aromatic carbocycles. The minimum atomic E-state index is -0.226. The van der Waals surface area contributed by atoms with E-state index in [0.717, 1.165) is 32.1 Å². The molecule has 1 saturated heterocycles. The average molecular weight is 360 g/mol. The van der Waals surface area contributed by atoms with Gasteiger partial charge in [0.05, 0.1) is 6.61 Å². The van der Waals surface area contributed by atoms with Gasteiger partial charge in [-0.2, -0.15) is 0 Å². The Kier molecular flexibility index (Phi) is 6.54. The third-order valence-corrected chi connectivity index (χ3v) is 6.11. The van der Waals surface area contributed by atoms with E-state index in [9.17, 15) is 9.90 Å². The van der Waals surface area contributed by atoms with E-state index in [1.165, 1.54) is 12.0 Å². The number of benzene rings is 1. The Morgan fingerprint density at radius 1 is 1.23 bits per heavy atom. The maximum atomic E-state index is 12.8. The van der Waals surface area contributed by atoms with Gasteiger partial charge in [0.25, 0.3) is 0 Å². The van der Waals surface area contributed by atoms with Gasteiger partial charge in [0.2, 0.25) is 0 Å². The van der Waals surface area contributed by atoms with Crippen molar-refractivity contribution in [2.24, 2.45) is 5.41 Å². The van der Waals surface area contributed by atoms with Gasteiger partial charge in [0.1, 0.15) is 0 Å². The number of nitrogens with one attached hydrogen (secondary N) is 1. The molecule has 5 heteroatoms. The van der Waals surface area contributed by atoms with Gasteiger partial charge in [-0.05, 0) is 31.2 Å². The Morgan fingerprint density at radius 2 is 1.92 bits per heavy atom. The van der Waals surface area contributed by atoms with Crippen LogP contribution >= 0.6 is 0 Å². The highest BCUT2D eigenvalue weighted by Gasteiger charge is 2.35. The van der Waals surface area contributed by atoms with E-state index >= 15 is 0 Å². The van der Waals surface area contributed by atoms with Crippen LogP contribution in [-0.2, 0) is 4.74 Å². The number of urea groups is 1. The summed E-state index contributed by atoms with van der Waals surface area (Å²) < 4.78 is 5.42. The second-order valence-corrected chi connectivity index (χ2v) is 7.98. The van der Waals surface area contributed by atoms with Crippen LogP contribution in [0.2, 0.25) is 0 Å². The summed E-state index contributed by atoms with van der Waals surface area (Å²) in [6.45, 7) is 1.99. The summed E-state index contributed by atoms with van der Waals surface area (Å²) in [6.07, 6.45) is 6.13. The molecule has 1 aliphatic heterocycles. The van der Waals surface area contributed by atoms with Crippen LogP contribution in [0.1, 0.15) is 50.0 Å². The van der Waals surface area contributed by atoms with E-state index in [2.05, 4.69) is 29.6 Å². The number of nitrogens with zero attached hydrogens (tertiary/aromatic N) is 1. The molecule has 144 valence electrons. The molecule has 2 N–H and O–H groups in total. The zero-order chi connectivity index (χ0) is 18.4. The van der Waals surface area contributed by atoms with Crippen LogP contribution in [0, 0.1) is 5.41 Å². The standard InChI is InChI=1S/C21H32N2O3/c1-23(15-21(16-24)11-13-26-14-12-21)20(25)22-19-10-6-5-9-18(19)17-7-3-2-4-8-17/h2-4,7-8,18-19,24H,5-6,9-16H2,1H3,(H,22,25)/t18-,19+/m0/s1. The Hall–Kier alpha value is -1.59. The lowest BCUT2D eigenvalue weighted by Gasteiger charge is -2.39. The Labute approximate surface area is 156 Å². The molecule has 0 unspecified atom stereocenters. The molecule has 3 rings (SSSR count). The van der Waals surface area contributed by atoms with Crippen LogP contribution in [0.15, 0.2) is 30.3 Å². The van der Waals surface area contributed by atoms with E-state index in [0.29, 0.717) is 25.7 Å². The van der Waals surface area contributed by atoms with Gasteiger partial charge in [-0.15, -0.1) is 0 Å². The van der Waals surface area contributed by atoms with Crippen LogP contribution < -0.4 is 5.32 Å². The van der Waals surface area contributed by atoms with Gasteiger partial charge >= 0.3 is 6.03 Å². The van der Waals surface area contributed by atoms with Crippen LogP contribution in [0.4, 0.5) is 4.79 Å². The van der Waals surface area contributed by atoms with Gasteiger partial charge in [-0.1, -0.05) is 43.2 Å². The number of ether oxygens (including phenoxy) is 1. The zero-order valence-corrected chi connectivity index (χ0v) is 15.8. The van der Waals surface area contributed by atoms with E-state index in [4.69, 9.17) is 4.74 Å². The van der Waals surface area contributed by atoms with Crippen LogP contribution in [0.3, 0.4) is 0 Å². The molecule has 1 aromatic rings. The summed E-state index contributed by atoms with van der Waals surface area (Å²) in [4.78, 5) is 14.6. The first-order chi connectivity index (χ1) is 12.6. The number of amides is 2. The first kappa shape index (κ1) is 19.2. The maximum absolute atomic E-state index is 12.8. The van der Waals surface area contributed by atoms with Crippen molar-refractivity contribution in [2.75, 3.05) is 33.4 Å². The predicted octanol–water partition coefficient (Wildman–Crippen LogP) is 3.14. The van der Waals surface area contributed by atoms with E-state index in [-0.39, 0.29) is 24.1 Å². The van der Waals surface area contributed by atoms with Gasteiger partial charge in [-0.3, -0.25) is 0 Å². The first-order valence-electron chi connectivity index (χ1n) is 9.89. The summed E-state index contributed by atoms with van der Waals surface area (Å²) in [5.41, 5.74) is 1.09. The lowest BCUT2D eigenvalue weighted by atomic mass is 9.80. The molecular weight excluding hydrogens is 328 g/mol. The summed E-state index contributed by atoms with van der Waals surface area (Å²) in [6, 6.07) is 10.7. The largest absolute Gasteiger partial charge is 0.396 e. The smallest absolute Gasteiger partial charge is 0.317 e. The van der Waals surface area contributed by atoms with Gasteiger partial charge in [0, 0.05) is 44.2 Å². The highest BCUT2D eigenvalue weighted by atomic mass is 16.5. The Balaban J connectivity index is 1.61. The number of rotatable bonds is 5. The average Bonchev–Trinajstić information content (AvgIpc) is 2.69. The predicted molar refractivity (Wildman–Crippen MR) is 102 cm³/mol. The van der Waals surface area contributed by atoms with Gasteiger partial charge in [-0.25, -0.2) is 4.79 Å². The van der Waals surface area contributed by atoms with E-state index in [1.54, 1.807) is 4.90 Å². The summed E-state index contributed by atoms with van der Waals surface area (Å²) >= 11 is 0. The second kappa shape index (κ2) is 8.87. The fourth-order valence-electron chi connectivity index (χ4n) is 4.42. The first-order valence-corrected chi connectivity index (χ1v) is 9.89. The topological polar surface area (TPSA) is 61.8 Å². The van der Waals surface area contributed by atoms with Crippen molar-refractivity contribution >= 4 is 6.03 Å². The number of hydrogen-bond acceptors (Lipinski definition) is 3. The summed E-state index contributed by atoms with van der Waals surface area (Å²) in [7, 11) is 1.84. The number of hydrogen-bond donors (Lipinski definition) is 2. The van der Waals surface area contributed by atoms with E-state index < -0.39 is 0 Å². The lowest BCUT2D eigenvalue weighted by Crippen LogP contribution is -2.51. The Morgan fingerprint density at radius 3 is 2.62 bits per heavy atom. The molecule has 5 nitrogen and oxygen atoms in total. The molecule has 0 bridgehead atoms. The molecule has 1 heterocycles. The summed E-state index contributed by atoms with van der Waals surface area (Å²) in [5.74, 6) is 0.386. The monoisotopic (exact) mass is 360 g/mol. The van der Waals surface area contributed by atoms with Gasteiger partial charge < -0.3 is 20.1 Å². The third-order valence-electron chi connectivity index (χ3n) is 6.11. The van der Waals surface area contributed by atoms with Crippen molar-refractivity contribution in [1.29, 1.82) is 0 Å². The van der Waals surface area contributed by atoms with Crippen molar-refractivity contribution in [3.63, 3.8) is 0 Å². The maximum Gasteiger partial charge on any atom is 0.317 e. The molecule has 2 amide bonds. The fourth-order valence-corrected chi connectivity index (χ4v) is 4.42. The molecule has 0 spiro atoms. The van der Waals surface area contributed by atoms with Gasteiger partial charge in [0.15, 0.2) is 0 Å². The summed E-state index contributed by atoms with van der Waals surface area (Å²) in [5, 5.41) is 13.1. The quantitative estimate of drug-likeness (QED) is 0.848. The molecule has 2 atom stereocenters. The number of aliphatic hydroxyl groups is 1. The molecule has 26 heavy (non-hydrogen) atoms. The van der Waals surface area contributed by atoms with Crippen molar-refractivity contribution in [1.82, 2.24) is 10.2 Å². The van der Waals surface area contributed by atoms with Crippen LogP contribution in [0.5, 0.6) is 0 Å². The molecule has 1 saturated carbocycles. The van der Waals surface area contributed by atoms with Crippen LogP contribution in [0.25, 0.3) is 0 Å². The zero-order valence-electron chi connectivity index (χ0n) is 15.8. The third kappa shape index (κ3) is 4.57. The molecular formula is C21H32N2O3.